The number of rotatable bonds is 2. The van der Waals surface area contributed by atoms with Crippen molar-refractivity contribution < 1.29 is 61.3 Å². The van der Waals surface area contributed by atoms with Gasteiger partial charge < -0.3 is 9.90 Å². The van der Waals surface area contributed by atoms with E-state index in [0.717, 1.165) is 11.5 Å². The number of hydrogen-bond acceptors (Lipinski definition) is 5. The van der Waals surface area contributed by atoms with Crippen molar-refractivity contribution in [3.05, 3.63) is 10.8 Å². The van der Waals surface area contributed by atoms with E-state index < -0.39 is 5.97 Å². The zero-order chi connectivity index (χ0) is 7.56. The molecule has 1 aromatic rings. The molecule has 54 valence electrons. The maximum atomic E-state index is 10.0. The molecule has 11 heavy (non-hydrogen) atoms. The van der Waals surface area contributed by atoms with E-state index in [1.165, 1.54) is 0 Å². The summed E-state index contributed by atoms with van der Waals surface area (Å²) in [6, 6.07) is 0. The molecular weight excluding hydrogens is 191 g/mol. The van der Waals surface area contributed by atoms with E-state index in [2.05, 4.69) is 9.36 Å². The van der Waals surface area contributed by atoms with E-state index in [9.17, 15) is 9.90 Å². The van der Waals surface area contributed by atoms with E-state index in [-0.39, 0.29) is 57.8 Å². The summed E-state index contributed by atoms with van der Waals surface area (Å²) in [7, 11) is 0. The van der Waals surface area contributed by atoms with Crippen LogP contribution in [0, 0.1) is 6.92 Å². The molecule has 0 atom stereocenters. The second kappa shape index (κ2) is 5.34. The molecule has 0 saturated heterocycles. The van der Waals surface area contributed by atoms with Gasteiger partial charge in [0.2, 0.25) is 0 Å². The molecule has 0 amide bonds. The smallest absolute Gasteiger partial charge is 0.550 e. The van der Waals surface area contributed by atoms with Gasteiger partial charge in [-0.05, 0) is 18.5 Å². The Balaban J connectivity index is 0.000001000. The van der Waals surface area contributed by atoms with Crippen molar-refractivity contribution in [1.29, 1.82) is 0 Å². The van der Waals surface area contributed by atoms with Gasteiger partial charge >= 0.3 is 51.4 Å². The molecule has 0 radical (unpaired) electrons. The third kappa shape index (κ3) is 4.29. The van der Waals surface area contributed by atoms with Crippen molar-refractivity contribution in [3.63, 3.8) is 0 Å². The van der Waals surface area contributed by atoms with Gasteiger partial charge in [0.15, 0.2) is 0 Å². The van der Waals surface area contributed by atoms with Gasteiger partial charge in [-0.15, -0.1) is 0 Å². The first-order valence-electron chi connectivity index (χ1n) is 2.67. The van der Waals surface area contributed by atoms with Gasteiger partial charge in [-0.1, -0.05) is 0 Å². The minimum atomic E-state index is -1.11. The molecule has 0 fully saturated rings. The zero-order valence-electron chi connectivity index (χ0n) is 6.33. The van der Waals surface area contributed by atoms with Gasteiger partial charge in [0.25, 0.3) is 0 Å². The van der Waals surface area contributed by atoms with Gasteiger partial charge in [0, 0.05) is 12.4 Å². The van der Waals surface area contributed by atoms with Crippen LogP contribution in [0.25, 0.3) is 0 Å². The minimum absolute atomic E-state index is 0. The molecular formula is C5H5KN2O2S. The van der Waals surface area contributed by atoms with Gasteiger partial charge in [-0.2, -0.15) is 4.37 Å². The molecule has 0 aromatic carbocycles. The standard InChI is InChI=1S/C5H6N2O2S.K/c1-3-6-4(10-7-3)2-5(8)9;/h2H2,1H3,(H,8,9);/q;+1/p-1. The zero-order valence-corrected chi connectivity index (χ0v) is 10.3. The molecule has 6 heteroatoms. The maximum Gasteiger partial charge on any atom is 1.00 e. The second-order valence-corrected chi connectivity index (χ2v) is 2.62. The van der Waals surface area contributed by atoms with Crippen molar-refractivity contribution in [1.82, 2.24) is 9.36 Å². The van der Waals surface area contributed by atoms with Crippen LogP contribution in [-0.2, 0) is 11.2 Å². The number of nitrogens with zero attached hydrogens (tertiary/aromatic N) is 2. The van der Waals surface area contributed by atoms with Crippen molar-refractivity contribution >= 4 is 17.5 Å². The summed E-state index contributed by atoms with van der Waals surface area (Å²) in [6.45, 7) is 1.72. The molecule has 4 nitrogen and oxygen atoms in total. The van der Waals surface area contributed by atoms with Crippen molar-refractivity contribution in [2.24, 2.45) is 0 Å². The van der Waals surface area contributed by atoms with E-state index in [0.29, 0.717) is 10.8 Å². The fourth-order valence-corrected chi connectivity index (χ4v) is 1.17. The molecule has 1 aromatic heterocycles. The molecule has 0 saturated carbocycles. The first-order valence-corrected chi connectivity index (χ1v) is 3.45. The monoisotopic (exact) mass is 196 g/mol. The van der Waals surface area contributed by atoms with Gasteiger partial charge in [0.1, 0.15) is 10.8 Å². The number of carbonyl (C=O) groups excluding carboxylic acids is 1. The van der Waals surface area contributed by atoms with Crippen molar-refractivity contribution in [3.8, 4) is 0 Å². The molecule has 1 rings (SSSR count). The molecule has 0 N–H and O–H groups in total. The number of hydrogen-bond donors (Lipinski definition) is 0. The Hall–Kier alpha value is 0.666. The molecule has 0 aliphatic heterocycles. The van der Waals surface area contributed by atoms with E-state index in [4.69, 9.17) is 0 Å². The first kappa shape index (κ1) is 11.7. The number of carboxylic acid groups (broad SMARTS) is 1. The first-order chi connectivity index (χ1) is 4.68. The van der Waals surface area contributed by atoms with Crippen molar-refractivity contribution in [2.45, 2.75) is 13.3 Å². The Morgan fingerprint density at radius 3 is 2.73 bits per heavy atom. The van der Waals surface area contributed by atoms with Crippen LogP contribution in [0.1, 0.15) is 10.8 Å². The number of aliphatic carboxylic acids is 1. The number of aromatic nitrogens is 2. The van der Waals surface area contributed by atoms with E-state index >= 15 is 0 Å². The number of carbonyl (C=O) groups is 1. The van der Waals surface area contributed by atoms with Crippen LogP contribution in [0.15, 0.2) is 0 Å². The summed E-state index contributed by atoms with van der Waals surface area (Å²) >= 11 is 1.10. The predicted molar refractivity (Wildman–Crippen MR) is 33.4 cm³/mol. The van der Waals surface area contributed by atoms with Gasteiger partial charge in [0.05, 0.1) is 0 Å². The fraction of sp³-hybridized carbons (Fsp3) is 0.400. The Labute approximate surface area is 111 Å². The Morgan fingerprint density at radius 2 is 2.36 bits per heavy atom. The van der Waals surface area contributed by atoms with Crippen LogP contribution in [0.4, 0.5) is 0 Å². The number of aryl methyl sites for hydroxylation is 1. The molecule has 1 heterocycles. The quantitative estimate of drug-likeness (QED) is 0.454. The largest absolute Gasteiger partial charge is 1.00 e. The van der Waals surface area contributed by atoms with Crippen LogP contribution in [0.2, 0.25) is 0 Å². The molecule has 0 bridgehead atoms. The third-order valence-corrected chi connectivity index (χ3v) is 1.67. The second-order valence-electron chi connectivity index (χ2n) is 1.78. The summed E-state index contributed by atoms with van der Waals surface area (Å²) in [5.74, 6) is -0.502. The molecule has 0 spiro atoms. The average molecular weight is 196 g/mol. The van der Waals surface area contributed by atoms with Gasteiger partial charge in [-0.3, -0.25) is 0 Å². The molecule has 0 unspecified atom stereocenters. The predicted octanol–water partition coefficient (Wildman–Crippen LogP) is -3.86. The van der Waals surface area contributed by atoms with E-state index in [1.54, 1.807) is 6.92 Å². The fourth-order valence-electron chi connectivity index (χ4n) is 0.535. The van der Waals surface area contributed by atoms with Crippen LogP contribution in [0.3, 0.4) is 0 Å². The third-order valence-electron chi connectivity index (χ3n) is 0.865. The topological polar surface area (TPSA) is 65.9 Å². The van der Waals surface area contributed by atoms with Gasteiger partial charge in [-0.25, -0.2) is 4.98 Å². The van der Waals surface area contributed by atoms with Crippen LogP contribution in [-0.4, -0.2) is 15.3 Å². The summed E-state index contributed by atoms with van der Waals surface area (Å²) in [5.41, 5.74) is 0. The maximum absolute atomic E-state index is 10.0. The average Bonchev–Trinajstić information content (AvgIpc) is 2.13. The Kier molecular flexibility index (Phi) is 5.66. The minimum Gasteiger partial charge on any atom is -0.550 e. The van der Waals surface area contributed by atoms with Crippen LogP contribution >= 0.6 is 11.5 Å². The molecule has 0 aliphatic rings. The summed E-state index contributed by atoms with van der Waals surface area (Å²) < 4.78 is 3.81. The van der Waals surface area contributed by atoms with Crippen LogP contribution in [0.5, 0.6) is 0 Å². The van der Waals surface area contributed by atoms with Crippen LogP contribution < -0.4 is 56.5 Å². The Bertz CT molecular complexity index is 250. The normalized spacial score (nSPS) is 8.82. The molecule has 0 aliphatic carbocycles. The summed E-state index contributed by atoms with van der Waals surface area (Å²) in [6.07, 6.45) is -0.133. The summed E-state index contributed by atoms with van der Waals surface area (Å²) in [5, 5.41) is 10.5. The number of carboxylic acids is 1. The SMILES string of the molecule is Cc1nsc(CC(=O)[O-])n1.[K+]. The Morgan fingerprint density at radius 1 is 1.73 bits per heavy atom. The van der Waals surface area contributed by atoms with E-state index in [1.807, 2.05) is 0 Å². The summed E-state index contributed by atoms with van der Waals surface area (Å²) in [4.78, 5) is 13.8. The van der Waals surface area contributed by atoms with Crippen molar-refractivity contribution in [2.75, 3.05) is 0 Å².